The number of piperidine rings is 1. The average Bonchev–Trinajstić information content (AvgIpc) is 2.98. The first-order valence-corrected chi connectivity index (χ1v) is 7.96. The molecule has 122 valence electrons. The number of amides is 1. The van der Waals surface area contributed by atoms with Crippen molar-refractivity contribution in [3.63, 3.8) is 0 Å². The summed E-state index contributed by atoms with van der Waals surface area (Å²) >= 11 is 0. The Morgan fingerprint density at radius 3 is 2.73 bits per heavy atom. The van der Waals surface area contributed by atoms with Crippen LogP contribution in [0.25, 0.3) is 0 Å². The van der Waals surface area contributed by atoms with Crippen molar-refractivity contribution in [3.05, 3.63) is 35.6 Å². The predicted octanol–water partition coefficient (Wildman–Crippen LogP) is 2.64. The van der Waals surface area contributed by atoms with Crippen LogP contribution in [0.15, 0.2) is 24.3 Å². The third-order valence-corrected chi connectivity index (χ3v) is 4.68. The van der Waals surface area contributed by atoms with Gasteiger partial charge in [-0.25, -0.2) is 4.39 Å². The van der Waals surface area contributed by atoms with E-state index in [1.54, 1.807) is 0 Å². The van der Waals surface area contributed by atoms with Gasteiger partial charge < -0.3 is 10.2 Å². The van der Waals surface area contributed by atoms with E-state index < -0.39 is 0 Å². The van der Waals surface area contributed by atoms with Gasteiger partial charge in [-0.05, 0) is 55.8 Å². The average molecular weight is 327 g/mol. The minimum Gasteiger partial charge on any atom is -0.342 e. The highest BCUT2D eigenvalue weighted by Crippen LogP contribution is 2.24. The van der Waals surface area contributed by atoms with Crippen molar-refractivity contribution in [2.75, 3.05) is 26.2 Å². The fourth-order valence-electron chi connectivity index (χ4n) is 3.47. The highest BCUT2D eigenvalue weighted by molar-refractivity contribution is 5.85. The smallest absolute Gasteiger partial charge is 0.226 e. The van der Waals surface area contributed by atoms with Crippen molar-refractivity contribution in [2.45, 2.75) is 25.7 Å². The maximum Gasteiger partial charge on any atom is 0.226 e. The van der Waals surface area contributed by atoms with Crippen LogP contribution in [0.3, 0.4) is 0 Å². The monoisotopic (exact) mass is 326 g/mol. The molecule has 2 aliphatic heterocycles. The lowest BCUT2D eigenvalue weighted by Gasteiger charge is -2.27. The Bertz CT molecular complexity index is 488. The molecule has 2 aliphatic rings. The van der Waals surface area contributed by atoms with Gasteiger partial charge in [0.1, 0.15) is 5.82 Å². The van der Waals surface area contributed by atoms with E-state index in [-0.39, 0.29) is 24.1 Å². The Hall–Kier alpha value is -1.13. The van der Waals surface area contributed by atoms with Gasteiger partial charge in [0.25, 0.3) is 0 Å². The van der Waals surface area contributed by atoms with E-state index in [1.807, 2.05) is 17.0 Å². The lowest BCUT2D eigenvalue weighted by atomic mass is 9.97. The molecule has 22 heavy (non-hydrogen) atoms. The predicted molar refractivity (Wildman–Crippen MR) is 87.6 cm³/mol. The summed E-state index contributed by atoms with van der Waals surface area (Å²) in [5.74, 6) is 0.815. The number of carbonyl (C=O) groups excluding carboxylic acids is 1. The number of carbonyl (C=O) groups is 1. The van der Waals surface area contributed by atoms with E-state index >= 15 is 0 Å². The Morgan fingerprint density at radius 2 is 2.05 bits per heavy atom. The molecule has 1 amide bonds. The molecule has 3 nitrogen and oxygen atoms in total. The summed E-state index contributed by atoms with van der Waals surface area (Å²) in [6, 6.07) is 6.73. The van der Waals surface area contributed by atoms with Gasteiger partial charge in [-0.1, -0.05) is 12.1 Å². The lowest BCUT2D eigenvalue weighted by molar-refractivity contribution is -0.135. The first kappa shape index (κ1) is 17.2. The molecule has 2 atom stereocenters. The maximum atomic E-state index is 12.9. The van der Waals surface area contributed by atoms with Crippen LogP contribution in [0, 0.1) is 17.7 Å². The summed E-state index contributed by atoms with van der Waals surface area (Å²) in [4.78, 5) is 14.5. The van der Waals surface area contributed by atoms with Crippen LogP contribution in [0.4, 0.5) is 4.39 Å². The molecule has 1 aromatic rings. The number of benzene rings is 1. The molecule has 2 unspecified atom stereocenters. The number of nitrogens with one attached hydrogen (secondary N) is 1. The normalized spacial score (nSPS) is 24.9. The largest absolute Gasteiger partial charge is 0.342 e. The molecule has 2 fully saturated rings. The Kier molecular flexibility index (Phi) is 6.21. The van der Waals surface area contributed by atoms with Crippen molar-refractivity contribution in [3.8, 4) is 0 Å². The van der Waals surface area contributed by atoms with Crippen LogP contribution in [-0.2, 0) is 11.2 Å². The van der Waals surface area contributed by atoms with Crippen molar-refractivity contribution < 1.29 is 9.18 Å². The second-order valence-corrected chi connectivity index (χ2v) is 6.31. The van der Waals surface area contributed by atoms with Crippen molar-refractivity contribution in [1.29, 1.82) is 0 Å². The summed E-state index contributed by atoms with van der Waals surface area (Å²) in [6.07, 6.45) is 4.12. The second kappa shape index (κ2) is 7.93. The van der Waals surface area contributed by atoms with Gasteiger partial charge in [-0.3, -0.25) is 4.79 Å². The zero-order valence-electron chi connectivity index (χ0n) is 12.8. The molecule has 5 heteroatoms. The summed E-state index contributed by atoms with van der Waals surface area (Å²) in [5.41, 5.74) is 1.16. The van der Waals surface area contributed by atoms with Gasteiger partial charge in [-0.2, -0.15) is 0 Å². The zero-order valence-corrected chi connectivity index (χ0v) is 13.6. The molecular weight excluding hydrogens is 303 g/mol. The molecule has 0 spiro atoms. The molecule has 0 aliphatic carbocycles. The summed E-state index contributed by atoms with van der Waals surface area (Å²) < 4.78 is 12.9. The van der Waals surface area contributed by atoms with Gasteiger partial charge in [-0.15, -0.1) is 12.4 Å². The van der Waals surface area contributed by atoms with E-state index in [1.165, 1.54) is 12.1 Å². The number of hydrogen-bond acceptors (Lipinski definition) is 2. The minimum atomic E-state index is -0.188. The standard InChI is InChI=1S/C17H23FN2O.ClH/c18-16-5-3-13(4-6-16)10-14-7-9-20(12-14)17(21)15-2-1-8-19-11-15;/h3-6,14-15,19H,1-2,7-12H2;1H. The quantitative estimate of drug-likeness (QED) is 0.926. The van der Waals surface area contributed by atoms with E-state index in [0.29, 0.717) is 11.8 Å². The van der Waals surface area contributed by atoms with E-state index in [9.17, 15) is 9.18 Å². The summed E-state index contributed by atoms with van der Waals surface area (Å²) in [5, 5.41) is 3.31. The number of halogens is 2. The van der Waals surface area contributed by atoms with Crippen LogP contribution >= 0.6 is 12.4 Å². The SMILES string of the molecule is Cl.O=C(C1CCCNC1)N1CCC(Cc2ccc(F)cc2)C1. The molecule has 2 saturated heterocycles. The number of likely N-dealkylation sites (tertiary alicyclic amines) is 1. The van der Waals surface area contributed by atoms with Gasteiger partial charge >= 0.3 is 0 Å². The van der Waals surface area contributed by atoms with E-state index in [2.05, 4.69) is 5.32 Å². The van der Waals surface area contributed by atoms with Crippen molar-refractivity contribution in [1.82, 2.24) is 10.2 Å². The van der Waals surface area contributed by atoms with Crippen LogP contribution in [0.5, 0.6) is 0 Å². The topological polar surface area (TPSA) is 32.3 Å². The van der Waals surface area contributed by atoms with Crippen LogP contribution in [0.2, 0.25) is 0 Å². The van der Waals surface area contributed by atoms with Crippen molar-refractivity contribution >= 4 is 18.3 Å². The Balaban J connectivity index is 0.00000176. The summed E-state index contributed by atoms with van der Waals surface area (Å²) in [7, 11) is 0. The first-order valence-electron chi connectivity index (χ1n) is 7.96. The van der Waals surface area contributed by atoms with Gasteiger partial charge in [0.05, 0.1) is 5.92 Å². The highest BCUT2D eigenvalue weighted by atomic mass is 35.5. The van der Waals surface area contributed by atoms with Gasteiger partial charge in [0.2, 0.25) is 5.91 Å². The molecule has 0 saturated carbocycles. The van der Waals surface area contributed by atoms with Crippen LogP contribution in [0.1, 0.15) is 24.8 Å². The third kappa shape index (κ3) is 4.20. The first-order chi connectivity index (χ1) is 10.2. The maximum absolute atomic E-state index is 12.9. The molecule has 2 heterocycles. The third-order valence-electron chi connectivity index (χ3n) is 4.68. The number of nitrogens with zero attached hydrogens (tertiary/aromatic N) is 1. The molecule has 3 rings (SSSR count). The van der Waals surface area contributed by atoms with Crippen LogP contribution < -0.4 is 5.32 Å². The van der Waals surface area contributed by atoms with E-state index in [4.69, 9.17) is 0 Å². The van der Waals surface area contributed by atoms with E-state index in [0.717, 1.165) is 57.4 Å². The molecule has 1 aromatic carbocycles. The van der Waals surface area contributed by atoms with Crippen LogP contribution in [-0.4, -0.2) is 37.0 Å². The zero-order chi connectivity index (χ0) is 14.7. The fraction of sp³-hybridized carbons (Fsp3) is 0.588. The highest BCUT2D eigenvalue weighted by Gasteiger charge is 2.31. The lowest BCUT2D eigenvalue weighted by Crippen LogP contribution is -2.42. The summed E-state index contributed by atoms with van der Waals surface area (Å²) in [6.45, 7) is 3.60. The van der Waals surface area contributed by atoms with Crippen molar-refractivity contribution in [2.24, 2.45) is 11.8 Å². The van der Waals surface area contributed by atoms with Gasteiger partial charge in [0.15, 0.2) is 0 Å². The molecule has 0 bridgehead atoms. The molecule has 1 N–H and O–H groups in total. The Morgan fingerprint density at radius 1 is 1.27 bits per heavy atom. The second-order valence-electron chi connectivity index (χ2n) is 6.31. The molecule has 0 radical (unpaired) electrons. The molecular formula is C17H24ClFN2O. The molecule has 0 aromatic heterocycles. The Labute approximate surface area is 137 Å². The minimum absolute atomic E-state index is 0. The fourth-order valence-corrected chi connectivity index (χ4v) is 3.47. The number of hydrogen-bond donors (Lipinski definition) is 1. The van der Waals surface area contributed by atoms with Gasteiger partial charge in [0, 0.05) is 19.6 Å². The number of rotatable bonds is 3.